The summed E-state index contributed by atoms with van der Waals surface area (Å²) >= 11 is 0. The molecule has 1 aliphatic heterocycles. The maximum Gasteiger partial charge on any atom is 0.236 e. The van der Waals surface area contributed by atoms with E-state index in [9.17, 15) is 9.59 Å². The zero-order valence-electron chi connectivity index (χ0n) is 12.7. The molecular weight excluding hydrogens is 254 g/mol. The first-order valence-electron chi connectivity index (χ1n) is 7.91. The third-order valence-electron chi connectivity index (χ3n) is 4.36. The van der Waals surface area contributed by atoms with E-state index in [1.807, 2.05) is 4.90 Å². The van der Waals surface area contributed by atoms with Crippen molar-refractivity contribution in [1.29, 1.82) is 0 Å². The van der Waals surface area contributed by atoms with E-state index in [0.29, 0.717) is 12.6 Å². The van der Waals surface area contributed by atoms with Gasteiger partial charge in [-0.25, -0.2) is 0 Å². The maximum atomic E-state index is 12.0. The lowest BCUT2D eigenvalue weighted by Gasteiger charge is -2.32. The Morgan fingerprint density at radius 2 is 1.85 bits per heavy atom. The lowest BCUT2D eigenvalue weighted by atomic mass is 10.0. The molecule has 2 amide bonds. The van der Waals surface area contributed by atoms with Crippen LogP contribution in [0.25, 0.3) is 0 Å². The van der Waals surface area contributed by atoms with Crippen LogP contribution < -0.4 is 10.6 Å². The van der Waals surface area contributed by atoms with Gasteiger partial charge in [-0.15, -0.1) is 0 Å². The Hall–Kier alpha value is -1.10. The fraction of sp³-hybridized carbons (Fsp3) is 0.867. The molecule has 1 saturated heterocycles. The van der Waals surface area contributed by atoms with E-state index in [1.54, 1.807) is 0 Å². The zero-order valence-corrected chi connectivity index (χ0v) is 12.7. The summed E-state index contributed by atoms with van der Waals surface area (Å²) < 4.78 is 0. The van der Waals surface area contributed by atoms with Crippen molar-refractivity contribution in [3.63, 3.8) is 0 Å². The van der Waals surface area contributed by atoms with Gasteiger partial charge in [0, 0.05) is 31.1 Å². The van der Waals surface area contributed by atoms with Crippen molar-refractivity contribution < 1.29 is 9.59 Å². The van der Waals surface area contributed by atoms with Gasteiger partial charge in [-0.05, 0) is 39.0 Å². The zero-order chi connectivity index (χ0) is 14.5. The van der Waals surface area contributed by atoms with E-state index in [0.717, 1.165) is 45.2 Å². The molecule has 0 aromatic carbocycles. The third kappa shape index (κ3) is 4.47. The summed E-state index contributed by atoms with van der Waals surface area (Å²) in [6.45, 7) is 6.14. The number of nitrogens with one attached hydrogen (secondary N) is 2. The molecule has 1 atom stereocenters. The van der Waals surface area contributed by atoms with Crippen molar-refractivity contribution in [2.24, 2.45) is 5.92 Å². The summed E-state index contributed by atoms with van der Waals surface area (Å²) in [6, 6.07) is 0.643. The summed E-state index contributed by atoms with van der Waals surface area (Å²) in [4.78, 5) is 25.7. The predicted octanol–water partition coefficient (Wildman–Crippen LogP) is 0.892. The highest BCUT2D eigenvalue weighted by Gasteiger charge is 2.32. The second kappa shape index (κ2) is 7.07. The Labute approximate surface area is 121 Å². The van der Waals surface area contributed by atoms with Crippen LogP contribution >= 0.6 is 0 Å². The van der Waals surface area contributed by atoms with Crippen molar-refractivity contribution in [2.45, 2.75) is 58.0 Å². The summed E-state index contributed by atoms with van der Waals surface area (Å²) in [5.41, 5.74) is 0. The number of hydrogen-bond acceptors (Lipinski definition) is 3. The average Bonchev–Trinajstić information content (AvgIpc) is 3.29. The third-order valence-corrected chi connectivity index (χ3v) is 4.36. The minimum atomic E-state index is 0.178. The van der Waals surface area contributed by atoms with Gasteiger partial charge in [0.25, 0.3) is 0 Å². The van der Waals surface area contributed by atoms with Crippen molar-refractivity contribution in [3.8, 4) is 0 Å². The second-order valence-corrected chi connectivity index (χ2v) is 6.13. The Kier molecular flexibility index (Phi) is 5.40. The minimum Gasteiger partial charge on any atom is -0.353 e. The van der Waals surface area contributed by atoms with E-state index in [-0.39, 0.29) is 23.8 Å². The van der Waals surface area contributed by atoms with Crippen LogP contribution in [0.15, 0.2) is 0 Å². The van der Waals surface area contributed by atoms with Crippen LogP contribution in [0.3, 0.4) is 0 Å². The molecule has 1 aliphatic carbocycles. The first-order valence-corrected chi connectivity index (χ1v) is 7.91. The van der Waals surface area contributed by atoms with E-state index >= 15 is 0 Å². The monoisotopic (exact) mass is 281 g/mol. The highest BCUT2D eigenvalue weighted by molar-refractivity contribution is 5.81. The predicted molar refractivity (Wildman–Crippen MR) is 78.2 cm³/mol. The Balaban J connectivity index is 1.65. The van der Waals surface area contributed by atoms with E-state index in [4.69, 9.17) is 0 Å². The van der Waals surface area contributed by atoms with Gasteiger partial charge >= 0.3 is 0 Å². The molecule has 2 rings (SSSR count). The molecule has 2 N–H and O–H groups in total. The molecule has 0 aromatic rings. The summed E-state index contributed by atoms with van der Waals surface area (Å²) in [7, 11) is 0. The van der Waals surface area contributed by atoms with E-state index < -0.39 is 0 Å². The SMILES string of the molecule is CCC(C)NCC(=O)N1CCC(NC(=O)C2CC2)CC1. The number of carbonyl (C=O) groups is 2. The number of piperidine rings is 1. The number of likely N-dealkylation sites (tertiary alicyclic amines) is 1. The minimum absolute atomic E-state index is 0.178. The molecular formula is C15H27N3O2. The molecule has 0 radical (unpaired) electrons. The maximum absolute atomic E-state index is 12.0. The first-order chi connectivity index (χ1) is 9.60. The molecule has 5 heteroatoms. The van der Waals surface area contributed by atoms with Gasteiger partial charge in [-0.2, -0.15) is 0 Å². The number of rotatable bonds is 6. The molecule has 1 heterocycles. The van der Waals surface area contributed by atoms with E-state index in [1.165, 1.54) is 0 Å². The molecule has 20 heavy (non-hydrogen) atoms. The molecule has 2 fully saturated rings. The topological polar surface area (TPSA) is 61.4 Å². The standard InChI is InChI=1S/C15H27N3O2/c1-3-11(2)16-10-14(19)18-8-6-13(7-9-18)17-15(20)12-4-5-12/h11-13,16H,3-10H2,1-2H3,(H,17,20). The van der Waals surface area contributed by atoms with Crippen LogP contribution in [0, 0.1) is 5.92 Å². The summed E-state index contributed by atoms with van der Waals surface area (Å²) in [5, 5.41) is 6.34. The number of hydrogen-bond donors (Lipinski definition) is 2. The molecule has 1 saturated carbocycles. The molecule has 0 spiro atoms. The molecule has 0 bridgehead atoms. The number of carbonyl (C=O) groups excluding carboxylic acids is 2. The normalized spacial score (nSPS) is 21.6. The quantitative estimate of drug-likeness (QED) is 0.760. The van der Waals surface area contributed by atoms with Crippen molar-refractivity contribution in [1.82, 2.24) is 15.5 Å². The fourth-order valence-electron chi connectivity index (χ4n) is 2.46. The fourth-order valence-corrected chi connectivity index (χ4v) is 2.46. The van der Waals surface area contributed by atoms with Crippen molar-refractivity contribution in [3.05, 3.63) is 0 Å². The largest absolute Gasteiger partial charge is 0.353 e. The molecule has 5 nitrogen and oxygen atoms in total. The van der Waals surface area contributed by atoms with Crippen LogP contribution in [0.4, 0.5) is 0 Å². The van der Waals surface area contributed by atoms with Gasteiger partial charge in [0.15, 0.2) is 0 Å². The highest BCUT2D eigenvalue weighted by Crippen LogP contribution is 2.29. The van der Waals surface area contributed by atoms with Crippen LogP contribution in [-0.4, -0.2) is 48.4 Å². The molecule has 2 aliphatic rings. The van der Waals surface area contributed by atoms with Crippen LogP contribution in [-0.2, 0) is 9.59 Å². The number of nitrogens with zero attached hydrogens (tertiary/aromatic N) is 1. The lowest BCUT2D eigenvalue weighted by Crippen LogP contribution is -2.49. The van der Waals surface area contributed by atoms with Crippen LogP contribution in [0.2, 0.25) is 0 Å². The summed E-state index contributed by atoms with van der Waals surface area (Å²) in [5.74, 6) is 0.667. The van der Waals surface area contributed by atoms with Gasteiger partial charge in [0.1, 0.15) is 0 Å². The Morgan fingerprint density at radius 1 is 1.20 bits per heavy atom. The highest BCUT2D eigenvalue weighted by atomic mass is 16.2. The second-order valence-electron chi connectivity index (χ2n) is 6.13. The molecule has 0 aromatic heterocycles. The van der Waals surface area contributed by atoms with Crippen LogP contribution in [0.1, 0.15) is 46.0 Å². The van der Waals surface area contributed by atoms with Gasteiger partial charge in [0.2, 0.25) is 11.8 Å². The first kappa shape index (κ1) is 15.3. The van der Waals surface area contributed by atoms with Gasteiger partial charge in [0.05, 0.1) is 6.54 Å². The van der Waals surface area contributed by atoms with Gasteiger partial charge in [-0.1, -0.05) is 6.92 Å². The Morgan fingerprint density at radius 3 is 2.40 bits per heavy atom. The lowest BCUT2D eigenvalue weighted by molar-refractivity contribution is -0.131. The number of amides is 2. The average molecular weight is 281 g/mol. The van der Waals surface area contributed by atoms with Crippen molar-refractivity contribution in [2.75, 3.05) is 19.6 Å². The molecule has 1 unspecified atom stereocenters. The summed E-state index contributed by atoms with van der Waals surface area (Å²) in [6.07, 6.45) is 4.89. The van der Waals surface area contributed by atoms with Crippen molar-refractivity contribution >= 4 is 11.8 Å². The van der Waals surface area contributed by atoms with Gasteiger partial charge < -0.3 is 15.5 Å². The smallest absolute Gasteiger partial charge is 0.236 e. The van der Waals surface area contributed by atoms with Gasteiger partial charge in [-0.3, -0.25) is 9.59 Å². The Bertz CT molecular complexity index is 347. The molecule has 114 valence electrons. The van der Waals surface area contributed by atoms with Crippen LogP contribution in [0.5, 0.6) is 0 Å². The van der Waals surface area contributed by atoms with E-state index in [2.05, 4.69) is 24.5 Å².